The molecule has 1 aromatic rings. The third kappa shape index (κ3) is 2.72. The summed E-state index contributed by atoms with van der Waals surface area (Å²) in [6, 6.07) is 4.64. The Morgan fingerprint density at radius 2 is 2.17 bits per heavy atom. The van der Waals surface area contributed by atoms with Gasteiger partial charge in [0.2, 0.25) is 10.0 Å². The van der Waals surface area contributed by atoms with Crippen molar-refractivity contribution in [2.24, 2.45) is 0 Å². The minimum atomic E-state index is -3.64. The normalized spacial score (nSPS) is 25.6. The average Bonchev–Trinajstić information content (AvgIpc) is 2.58. The lowest BCUT2D eigenvalue weighted by molar-refractivity contribution is 0.0762. The Morgan fingerprint density at radius 1 is 1.50 bits per heavy atom. The predicted octanol–water partition coefficient (Wildman–Crippen LogP) is 2.25. The fraction of sp³-hybridized carbons (Fsp3) is 0.455. The second-order valence-corrected chi connectivity index (χ2v) is 7.89. The molecule has 1 aliphatic rings. The summed E-state index contributed by atoms with van der Waals surface area (Å²) in [7, 11) is -3.64. The van der Waals surface area contributed by atoms with Gasteiger partial charge in [-0.15, -0.1) is 0 Å². The van der Waals surface area contributed by atoms with Crippen molar-refractivity contribution in [1.82, 2.24) is 4.31 Å². The molecule has 1 fully saturated rings. The largest absolute Gasteiger partial charge is 0.389 e. The van der Waals surface area contributed by atoms with E-state index in [4.69, 9.17) is 11.6 Å². The Labute approximate surface area is 120 Å². The van der Waals surface area contributed by atoms with Gasteiger partial charge in [-0.1, -0.05) is 27.5 Å². The summed E-state index contributed by atoms with van der Waals surface area (Å²) in [5.74, 6) is 0. The smallest absolute Gasteiger partial charge is 0.244 e. The zero-order valence-corrected chi connectivity index (χ0v) is 12.9. The highest BCUT2D eigenvalue weighted by Gasteiger charge is 2.39. The lowest BCUT2D eigenvalue weighted by Gasteiger charge is -2.19. The lowest BCUT2D eigenvalue weighted by Crippen LogP contribution is -2.34. The standard InChI is InChI=1S/C11H13BrClNO3S/c1-11(15)4-5-14(7-11)18(16,17)10-3-2-8(12)6-9(10)13/h2-3,6,15H,4-5,7H2,1H3. The molecular weight excluding hydrogens is 342 g/mol. The van der Waals surface area contributed by atoms with Gasteiger partial charge in [-0.25, -0.2) is 8.42 Å². The van der Waals surface area contributed by atoms with E-state index >= 15 is 0 Å². The average molecular weight is 355 g/mol. The number of nitrogens with zero attached hydrogens (tertiary/aromatic N) is 1. The molecule has 100 valence electrons. The fourth-order valence-electron chi connectivity index (χ4n) is 1.93. The predicted molar refractivity (Wildman–Crippen MR) is 73.2 cm³/mol. The number of rotatable bonds is 2. The number of sulfonamides is 1. The molecule has 1 atom stereocenters. The summed E-state index contributed by atoms with van der Waals surface area (Å²) in [5.41, 5.74) is -0.963. The molecule has 0 saturated carbocycles. The number of aliphatic hydroxyl groups is 1. The van der Waals surface area contributed by atoms with Crippen LogP contribution in [0.1, 0.15) is 13.3 Å². The molecule has 1 saturated heterocycles. The molecule has 1 aromatic carbocycles. The number of halogens is 2. The van der Waals surface area contributed by atoms with E-state index in [0.29, 0.717) is 13.0 Å². The molecule has 0 aliphatic carbocycles. The van der Waals surface area contributed by atoms with E-state index in [2.05, 4.69) is 15.9 Å². The number of β-amino-alcohol motifs (C(OH)–C–C–N with tert-alkyl or cyclic N) is 1. The monoisotopic (exact) mass is 353 g/mol. The molecule has 0 spiro atoms. The summed E-state index contributed by atoms with van der Waals surface area (Å²) in [5, 5.41) is 10.0. The van der Waals surface area contributed by atoms with Gasteiger partial charge in [0.25, 0.3) is 0 Å². The minimum Gasteiger partial charge on any atom is -0.389 e. The molecule has 0 amide bonds. The molecule has 1 aliphatic heterocycles. The highest BCUT2D eigenvalue weighted by atomic mass is 79.9. The molecule has 7 heteroatoms. The van der Waals surface area contributed by atoms with Crippen LogP contribution in [0, 0.1) is 0 Å². The number of hydrogen-bond donors (Lipinski definition) is 1. The molecule has 1 N–H and O–H groups in total. The highest BCUT2D eigenvalue weighted by Crippen LogP contribution is 2.31. The molecule has 0 radical (unpaired) electrons. The van der Waals surface area contributed by atoms with E-state index in [0.717, 1.165) is 4.47 Å². The Bertz CT molecular complexity index is 574. The Hall–Kier alpha value is -0.140. The van der Waals surface area contributed by atoms with Crippen LogP contribution in [0.15, 0.2) is 27.6 Å². The SMILES string of the molecule is CC1(O)CCN(S(=O)(=O)c2ccc(Br)cc2Cl)C1. The number of benzene rings is 1. The first-order valence-electron chi connectivity index (χ1n) is 5.40. The van der Waals surface area contributed by atoms with Crippen LogP contribution >= 0.6 is 27.5 Å². The van der Waals surface area contributed by atoms with Gasteiger partial charge in [-0.3, -0.25) is 0 Å². The quantitative estimate of drug-likeness (QED) is 0.886. The van der Waals surface area contributed by atoms with Crippen molar-refractivity contribution in [3.63, 3.8) is 0 Å². The van der Waals surface area contributed by atoms with Crippen LogP contribution in [0.2, 0.25) is 5.02 Å². The van der Waals surface area contributed by atoms with Crippen LogP contribution in [-0.2, 0) is 10.0 Å². The van der Waals surface area contributed by atoms with E-state index < -0.39 is 15.6 Å². The van der Waals surface area contributed by atoms with Crippen LogP contribution in [0.4, 0.5) is 0 Å². The van der Waals surface area contributed by atoms with Crippen molar-refractivity contribution < 1.29 is 13.5 Å². The van der Waals surface area contributed by atoms with Crippen molar-refractivity contribution in [2.45, 2.75) is 23.8 Å². The minimum absolute atomic E-state index is 0.0741. The van der Waals surface area contributed by atoms with Crippen molar-refractivity contribution in [3.05, 3.63) is 27.7 Å². The number of hydrogen-bond acceptors (Lipinski definition) is 3. The zero-order valence-electron chi connectivity index (χ0n) is 9.73. The molecule has 0 bridgehead atoms. The third-order valence-corrected chi connectivity index (χ3v) is 5.75. The van der Waals surface area contributed by atoms with Gasteiger partial charge in [0.05, 0.1) is 10.6 Å². The molecule has 18 heavy (non-hydrogen) atoms. The lowest BCUT2D eigenvalue weighted by atomic mass is 10.1. The maximum absolute atomic E-state index is 12.4. The van der Waals surface area contributed by atoms with Crippen LogP contribution in [0.3, 0.4) is 0 Å². The van der Waals surface area contributed by atoms with Gasteiger partial charge >= 0.3 is 0 Å². The highest BCUT2D eigenvalue weighted by molar-refractivity contribution is 9.10. The maximum atomic E-state index is 12.4. The first kappa shape index (κ1) is 14.3. The van der Waals surface area contributed by atoms with Crippen LogP contribution in [0.5, 0.6) is 0 Å². The molecule has 2 rings (SSSR count). The van der Waals surface area contributed by atoms with Gasteiger partial charge < -0.3 is 5.11 Å². The Balaban J connectivity index is 2.38. The van der Waals surface area contributed by atoms with Gasteiger partial charge in [0, 0.05) is 17.6 Å². The molecule has 1 heterocycles. The zero-order chi connectivity index (χ0) is 13.6. The van der Waals surface area contributed by atoms with Crippen molar-refractivity contribution in [1.29, 1.82) is 0 Å². The Kier molecular flexibility index (Phi) is 3.77. The van der Waals surface area contributed by atoms with Gasteiger partial charge in [0.1, 0.15) is 4.90 Å². The van der Waals surface area contributed by atoms with E-state index in [-0.39, 0.29) is 16.5 Å². The summed E-state index contributed by atoms with van der Waals surface area (Å²) >= 11 is 9.20. The second kappa shape index (κ2) is 4.76. The van der Waals surface area contributed by atoms with Gasteiger partial charge in [-0.05, 0) is 31.5 Å². The molecular formula is C11H13BrClNO3S. The first-order chi connectivity index (χ1) is 8.22. The fourth-order valence-corrected chi connectivity index (χ4v) is 4.50. The van der Waals surface area contributed by atoms with E-state index in [1.165, 1.54) is 10.4 Å². The van der Waals surface area contributed by atoms with Gasteiger partial charge in [-0.2, -0.15) is 4.31 Å². The molecule has 1 unspecified atom stereocenters. The van der Waals surface area contributed by atoms with E-state index in [1.54, 1.807) is 19.1 Å². The second-order valence-electron chi connectivity index (χ2n) is 4.66. The maximum Gasteiger partial charge on any atom is 0.244 e. The Morgan fingerprint density at radius 3 is 2.67 bits per heavy atom. The summed E-state index contributed by atoms with van der Waals surface area (Å²) in [6.07, 6.45) is 0.431. The topological polar surface area (TPSA) is 57.6 Å². The van der Waals surface area contributed by atoms with Crippen molar-refractivity contribution in [2.75, 3.05) is 13.1 Å². The van der Waals surface area contributed by atoms with Gasteiger partial charge in [0.15, 0.2) is 0 Å². The molecule has 0 aromatic heterocycles. The van der Waals surface area contributed by atoms with E-state index in [1.807, 2.05) is 0 Å². The first-order valence-corrected chi connectivity index (χ1v) is 8.01. The van der Waals surface area contributed by atoms with Crippen LogP contribution in [0.25, 0.3) is 0 Å². The van der Waals surface area contributed by atoms with Crippen LogP contribution in [-0.4, -0.2) is 36.5 Å². The van der Waals surface area contributed by atoms with Crippen molar-refractivity contribution in [3.8, 4) is 0 Å². The summed E-state index contributed by atoms with van der Waals surface area (Å²) in [4.78, 5) is 0.0741. The summed E-state index contributed by atoms with van der Waals surface area (Å²) < 4.78 is 26.7. The third-order valence-electron chi connectivity index (χ3n) is 2.93. The van der Waals surface area contributed by atoms with Crippen LogP contribution < -0.4 is 0 Å². The summed E-state index contributed by atoms with van der Waals surface area (Å²) in [6.45, 7) is 2.04. The van der Waals surface area contributed by atoms with E-state index in [9.17, 15) is 13.5 Å². The molecule has 4 nitrogen and oxygen atoms in total. The van der Waals surface area contributed by atoms with Crippen molar-refractivity contribution >= 4 is 37.6 Å².